The molecule has 1 aromatic carbocycles. The molecule has 2 aromatic heterocycles. The Bertz CT molecular complexity index is 808. The third-order valence-electron chi connectivity index (χ3n) is 4.22. The first kappa shape index (κ1) is 17.8. The molecule has 0 bridgehead atoms. The molecule has 0 saturated heterocycles. The van der Waals surface area contributed by atoms with Gasteiger partial charge in [-0.3, -0.25) is 4.68 Å². The van der Waals surface area contributed by atoms with Gasteiger partial charge < -0.3 is 15.1 Å². The predicted octanol–water partition coefficient (Wildman–Crippen LogP) is 3.05. The summed E-state index contributed by atoms with van der Waals surface area (Å²) in [7, 11) is 1.93. The summed E-state index contributed by atoms with van der Waals surface area (Å²) in [6.45, 7) is 3.43. The van der Waals surface area contributed by atoms with Crippen LogP contribution in [0.4, 0.5) is 0 Å². The van der Waals surface area contributed by atoms with E-state index in [0.29, 0.717) is 6.54 Å². The Hall–Kier alpha value is -3.02. The van der Waals surface area contributed by atoms with Gasteiger partial charge in [0.2, 0.25) is 0 Å². The van der Waals surface area contributed by atoms with E-state index >= 15 is 0 Å². The Labute approximate surface area is 153 Å². The van der Waals surface area contributed by atoms with Crippen LogP contribution in [0.15, 0.2) is 70.4 Å². The summed E-state index contributed by atoms with van der Waals surface area (Å²) in [5.74, 6) is 1.73. The minimum atomic E-state index is 0.151. The average molecular weight is 351 g/mol. The summed E-state index contributed by atoms with van der Waals surface area (Å²) >= 11 is 0. The van der Waals surface area contributed by atoms with Crippen LogP contribution < -0.4 is 10.6 Å². The smallest absolute Gasteiger partial charge is 0.192 e. The van der Waals surface area contributed by atoms with Crippen molar-refractivity contribution in [3.8, 4) is 0 Å². The predicted molar refractivity (Wildman–Crippen MR) is 103 cm³/mol. The summed E-state index contributed by atoms with van der Waals surface area (Å²) in [4.78, 5) is 4.71. The van der Waals surface area contributed by atoms with Crippen LogP contribution in [0.5, 0.6) is 0 Å². The number of nitrogens with one attached hydrogen (secondary N) is 2. The molecule has 2 N–H and O–H groups in total. The van der Waals surface area contributed by atoms with Crippen LogP contribution in [0.1, 0.15) is 30.0 Å². The lowest BCUT2D eigenvalue weighted by Gasteiger charge is -2.18. The van der Waals surface area contributed by atoms with Crippen molar-refractivity contribution in [3.05, 3.63) is 78.0 Å². The van der Waals surface area contributed by atoms with Gasteiger partial charge in [0.1, 0.15) is 5.76 Å². The van der Waals surface area contributed by atoms with E-state index in [9.17, 15) is 0 Å². The highest BCUT2D eigenvalue weighted by Crippen LogP contribution is 2.11. The second-order valence-corrected chi connectivity index (χ2v) is 6.14. The summed E-state index contributed by atoms with van der Waals surface area (Å²) in [5, 5.41) is 11.1. The van der Waals surface area contributed by atoms with Gasteiger partial charge in [-0.05, 0) is 30.7 Å². The molecular formula is C20H25N5O. The zero-order valence-corrected chi connectivity index (χ0v) is 15.2. The third-order valence-corrected chi connectivity index (χ3v) is 4.22. The average Bonchev–Trinajstić information content (AvgIpc) is 3.32. The molecule has 0 aliphatic heterocycles. The quantitative estimate of drug-likeness (QED) is 0.507. The molecule has 0 spiro atoms. The molecule has 0 aliphatic carbocycles. The summed E-state index contributed by atoms with van der Waals surface area (Å²) in [5.41, 5.74) is 2.28. The number of rotatable bonds is 7. The van der Waals surface area contributed by atoms with E-state index in [1.807, 2.05) is 48.1 Å². The molecule has 3 rings (SSSR count). The fourth-order valence-corrected chi connectivity index (χ4v) is 2.66. The Morgan fingerprint density at radius 1 is 1.19 bits per heavy atom. The number of benzene rings is 1. The number of nitrogens with zero attached hydrogens (tertiary/aromatic N) is 3. The lowest BCUT2D eigenvalue weighted by molar-refractivity contribution is 0.506. The van der Waals surface area contributed by atoms with Crippen LogP contribution in [0.25, 0.3) is 0 Å². The van der Waals surface area contributed by atoms with Gasteiger partial charge in [-0.1, -0.05) is 30.3 Å². The maximum Gasteiger partial charge on any atom is 0.192 e. The third kappa shape index (κ3) is 4.99. The molecule has 1 unspecified atom stereocenters. The van der Waals surface area contributed by atoms with Gasteiger partial charge in [0, 0.05) is 26.2 Å². The molecule has 26 heavy (non-hydrogen) atoms. The monoisotopic (exact) mass is 351 g/mol. The largest absolute Gasteiger partial charge is 0.469 e. The second-order valence-electron chi connectivity index (χ2n) is 6.14. The fourth-order valence-electron chi connectivity index (χ4n) is 2.66. The zero-order valence-electron chi connectivity index (χ0n) is 15.2. The molecule has 1 atom stereocenters. The Morgan fingerprint density at radius 3 is 2.73 bits per heavy atom. The molecule has 136 valence electrons. The fraction of sp³-hybridized carbons (Fsp3) is 0.300. The van der Waals surface area contributed by atoms with Crippen molar-refractivity contribution in [3.63, 3.8) is 0 Å². The Morgan fingerprint density at radius 2 is 2.04 bits per heavy atom. The molecular weight excluding hydrogens is 326 g/mol. The first-order chi connectivity index (χ1) is 12.7. The van der Waals surface area contributed by atoms with E-state index in [4.69, 9.17) is 9.41 Å². The van der Waals surface area contributed by atoms with Crippen LogP contribution in [0.3, 0.4) is 0 Å². The summed E-state index contributed by atoms with van der Waals surface area (Å²) in [6.07, 6.45) is 4.29. The molecule has 3 aromatic rings. The van der Waals surface area contributed by atoms with E-state index in [2.05, 4.69) is 34.8 Å². The molecule has 2 heterocycles. The topological polar surface area (TPSA) is 67.4 Å². The highest BCUT2D eigenvalue weighted by Gasteiger charge is 2.08. The number of guanidine groups is 1. The Balaban J connectivity index is 1.64. The van der Waals surface area contributed by atoms with E-state index in [-0.39, 0.29) is 6.04 Å². The lowest BCUT2D eigenvalue weighted by Crippen LogP contribution is -2.39. The molecule has 0 fully saturated rings. The van der Waals surface area contributed by atoms with Crippen LogP contribution in [0.2, 0.25) is 0 Å². The molecule has 6 nitrogen and oxygen atoms in total. The summed E-state index contributed by atoms with van der Waals surface area (Å²) in [6, 6.07) is 16.3. The lowest BCUT2D eigenvalue weighted by atomic mass is 10.1. The van der Waals surface area contributed by atoms with Gasteiger partial charge in [0.25, 0.3) is 0 Å². The minimum Gasteiger partial charge on any atom is -0.469 e. The molecule has 0 radical (unpaired) electrons. The van der Waals surface area contributed by atoms with Crippen molar-refractivity contribution in [2.45, 2.75) is 25.9 Å². The van der Waals surface area contributed by atoms with Gasteiger partial charge in [0.15, 0.2) is 5.96 Å². The molecule has 0 aliphatic rings. The number of aromatic nitrogens is 2. The van der Waals surface area contributed by atoms with E-state index < -0.39 is 0 Å². The zero-order chi connectivity index (χ0) is 18.2. The van der Waals surface area contributed by atoms with Crippen LogP contribution >= 0.6 is 0 Å². The Kier molecular flexibility index (Phi) is 6.09. The van der Waals surface area contributed by atoms with Crippen molar-refractivity contribution < 1.29 is 4.42 Å². The van der Waals surface area contributed by atoms with Crippen LogP contribution in [0, 0.1) is 0 Å². The molecule has 0 saturated carbocycles. The molecule has 6 heteroatoms. The normalized spacial score (nSPS) is 12.8. The highest BCUT2D eigenvalue weighted by atomic mass is 16.3. The first-order valence-electron chi connectivity index (χ1n) is 8.81. The van der Waals surface area contributed by atoms with E-state index in [1.54, 1.807) is 12.5 Å². The van der Waals surface area contributed by atoms with Crippen LogP contribution in [-0.2, 0) is 20.0 Å². The second kappa shape index (κ2) is 8.89. The van der Waals surface area contributed by atoms with Crippen molar-refractivity contribution in [2.75, 3.05) is 6.54 Å². The standard InChI is InChI=1S/C20H25N5O/c1-16(17-7-4-3-5-8-17)24-20(21-12-11-19-9-6-14-26-19)22-15-18-10-13-23-25(18)2/h3-10,13-14,16H,11-12,15H2,1-2H3,(H2,21,22,24). The van der Waals surface area contributed by atoms with Crippen molar-refractivity contribution >= 4 is 5.96 Å². The van der Waals surface area contributed by atoms with Crippen molar-refractivity contribution in [1.29, 1.82) is 0 Å². The highest BCUT2D eigenvalue weighted by molar-refractivity contribution is 5.80. The van der Waals surface area contributed by atoms with E-state index in [1.165, 1.54) is 5.56 Å². The SMILES string of the molecule is CC(NC(=NCc1ccnn1C)NCCc1ccco1)c1ccccc1. The van der Waals surface area contributed by atoms with Crippen molar-refractivity contribution in [2.24, 2.45) is 12.0 Å². The maximum atomic E-state index is 5.39. The van der Waals surface area contributed by atoms with Gasteiger partial charge in [0.05, 0.1) is 24.5 Å². The van der Waals surface area contributed by atoms with Gasteiger partial charge in [-0.25, -0.2) is 4.99 Å². The minimum absolute atomic E-state index is 0.151. The number of aliphatic imine (C=N–C) groups is 1. The number of aryl methyl sites for hydroxylation is 1. The van der Waals surface area contributed by atoms with Crippen LogP contribution in [-0.4, -0.2) is 22.3 Å². The number of hydrogen-bond donors (Lipinski definition) is 2. The maximum absolute atomic E-state index is 5.39. The van der Waals surface area contributed by atoms with Gasteiger partial charge in [-0.2, -0.15) is 5.10 Å². The van der Waals surface area contributed by atoms with Gasteiger partial charge in [-0.15, -0.1) is 0 Å². The molecule has 0 amide bonds. The van der Waals surface area contributed by atoms with Gasteiger partial charge >= 0.3 is 0 Å². The van der Waals surface area contributed by atoms with Crippen molar-refractivity contribution in [1.82, 2.24) is 20.4 Å². The number of hydrogen-bond acceptors (Lipinski definition) is 3. The van der Waals surface area contributed by atoms with E-state index in [0.717, 1.165) is 30.4 Å². The first-order valence-corrected chi connectivity index (χ1v) is 8.81. The summed E-state index contributed by atoms with van der Waals surface area (Å²) < 4.78 is 7.23. The number of furan rings is 1.